The molecule has 0 fully saturated rings. The minimum atomic E-state index is -3.50. The van der Waals surface area contributed by atoms with Gasteiger partial charge in [-0.25, -0.2) is 0 Å². The summed E-state index contributed by atoms with van der Waals surface area (Å²) in [7, 11) is 0. The van der Waals surface area contributed by atoms with E-state index in [4.69, 9.17) is 25.9 Å². The Hall–Kier alpha value is -1.22. The van der Waals surface area contributed by atoms with E-state index in [1.54, 1.807) is 0 Å². The molecular formula is C11H15NO2. The van der Waals surface area contributed by atoms with Gasteiger partial charge in [-0.2, -0.15) is 0 Å². The second-order valence-corrected chi connectivity index (χ2v) is 2.44. The molecule has 0 aromatic heterocycles. The number of hydrogen-bond donors (Lipinski definition) is 1. The minimum absolute atomic E-state index is 0.271. The maximum Gasteiger partial charge on any atom is 0.231 e. The van der Waals surface area contributed by atoms with Gasteiger partial charge in [0.15, 0.2) is 11.5 Å². The van der Waals surface area contributed by atoms with Crippen LogP contribution in [0.4, 0.5) is 0 Å². The van der Waals surface area contributed by atoms with Gasteiger partial charge in [-0.3, -0.25) is 0 Å². The van der Waals surface area contributed by atoms with Crippen LogP contribution in [0.2, 0.25) is 0 Å². The van der Waals surface area contributed by atoms with Crippen LogP contribution in [0, 0.1) is 0 Å². The van der Waals surface area contributed by atoms with E-state index in [0.29, 0.717) is 0 Å². The molecule has 1 N–H and O–H groups in total. The highest BCUT2D eigenvalue weighted by Crippen LogP contribution is 2.32. The molecule has 76 valence electrons. The van der Waals surface area contributed by atoms with Crippen molar-refractivity contribution in [3.8, 4) is 11.5 Å². The molecule has 0 spiro atoms. The first-order valence-electron chi connectivity index (χ1n) is 9.74. The minimum Gasteiger partial charge on any atom is -0.454 e. The molecule has 0 saturated carbocycles. The number of fused-ring (bicyclic) bond motifs is 1. The van der Waals surface area contributed by atoms with Gasteiger partial charge in [0.25, 0.3) is 0 Å². The summed E-state index contributed by atoms with van der Waals surface area (Å²) in [6.07, 6.45) is -3.38. The van der Waals surface area contributed by atoms with E-state index in [-0.39, 0.29) is 18.3 Å². The summed E-state index contributed by atoms with van der Waals surface area (Å²) in [5, 5.41) is 1.48. The van der Waals surface area contributed by atoms with Crippen LogP contribution in [-0.4, -0.2) is 19.8 Å². The molecule has 1 aromatic rings. The van der Waals surface area contributed by atoms with E-state index in [0.717, 1.165) is 0 Å². The van der Waals surface area contributed by atoms with Crippen molar-refractivity contribution in [3.05, 3.63) is 23.7 Å². The smallest absolute Gasteiger partial charge is 0.231 e. The van der Waals surface area contributed by atoms with Crippen LogP contribution in [0.1, 0.15) is 28.9 Å². The molecule has 0 amide bonds. The predicted molar refractivity (Wildman–Crippen MR) is 54.8 cm³/mol. The topological polar surface area (TPSA) is 30.5 Å². The molecular weight excluding hydrogens is 178 g/mol. The highest BCUT2D eigenvalue weighted by atomic mass is 16.7. The van der Waals surface area contributed by atoms with Gasteiger partial charge in [0.05, 0.1) is 4.11 Å². The second kappa shape index (κ2) is 3.88. The molecule has 3 nitrogen and oxygen atoms in total. The first kappa shape index (κ1) is 2.67. The Morgan fingerprint density at radius 3 is 3.50 bits per heavy atom. The van der Waals surface area contributed by atoms with Crippen LogP contribution in [0.15, 0.2) is 18.1 Å². The van der Waals surface area contributed by atoms with Crippen molar-refractivity contribution >= 4 is 0 Å². The number of benzene rings is 1. The number of rotatable bonds is 3. The van der Waals surface area contributed by atoms with Gasteiger partial charge in [0.2, 0.25) is 6.79 Å². The summed E-state index contributed by atoms with van der Waals surface area (Å²) in [5.41, 5.74) is -0.949. The number of likely N-dealkylation sites (N-methyl/N-ethyl adjacent to an activating group) is 1. The molecule has 0 bridgehead atoms. The third-order valence-corrected chi connectivity index (χ3v) is 1.53. The highest BCUT2D eigenvalue weighted by molar-refractivity contribution is 5.44. The summed E-state index contributed by atoms with van der Waals surface area (Å²) in [6, 6.07) is -5.78. The van der Waals surface area contributed by atoms with E-state index >= 15 is 0 Å². The molecule has 1 aliphatic rings. The lowest BCUT2D eigenvalue weighted by Gasteiger charge is -2.09. The molecule has 0 radical (unpaired) electrons. The van der Waals surface area contributed by atoms with Crippen LogP contribution in [0.5, 0.6) is 11.5 Å². The fourth-order valence-corrected chi connectivity index (χ4v) is 0.947. The van der Waals surface area contributed by atoms with Gasteiger partial charge in [-0.1, -0.05) is 6.04 Å². The molecule has 3 heteroatoms. The molecule has 1 heterocycles. The van der Waals surface area contributed by atoms with Crippen molar-refractivity contribution in [2.45, 2.75) is 19.2 Å². The monoisotopic (exact) mass is 205 g/mol. The quantitative estimate of drug-likeness (QED) is 0.812. The summed E-state index contributed by atoms with van der Waals surface area (Å²) in [6.45, 7) is -7.08. The zero-order valence-corrected chi connectivity index (χ0v) is 7.02. The van der Waals surface area contributed by atoms with Crippen molar-refractivity contribution in [3.63, 3.8) is 0 Å². The molecule has 0 saturated heterocycles. The summed E-state index contributed by atoms with van der Waals surface area (Å²) >= 11 is 0. The van der Waals surface area contributed by atoms with E-state index in [1.165, 1.54) is 5.32 Å². The average molecular weight is 205 g/mol. The van der Waals surface area contributed by atoms with Crippen molar-refractivity contribution in [2.75, 3.05) is 13.8 Å². The van der Waals surface area contributed by atoms with Gasteiger partial charge in [-0.15, -0.1) is 0 Å². The Balaban J connectivity index is 2.78. The molecule has 0 aliphatic carbocycles. The lowest BCUT2D eigenvalue weighted by molar-refractivity contribution is 0.174. The van der Waals surface area contributed by atoms with Gasteiger partial charge < -0.3 is 14.8 Å². The standard InChI is InChI=1S/C11H15NO2/c1-8(12-2)5-9-3-4-10-11(6-9)14-7-13-10/h3-4,6,8,12H,5,7H2,1-2H3/i1D3,2D3,3D,4D,5D2,6D,8D. The van der Waals surface area contributed by atoms with Gasteiger partial charge in [0.1, 0.15) is 0 Å². The Kier molecular flexibility index (Phi) is 0.740. The predicted octanol–water partition coefficient (Wildman–Crippen LogP) is 1.57. The highest BCUT2D eigenvalue weighted by Gasteiger charge is 2.13. The van der Waals surface area contributed by atoms with Crippen LogP contribution >= 0.6 is 0 Å². The maximum absolute atomic E-state index is 8.18. The van der Waals surface area contributed by atoms with Crippen molar-refractivity contribution in [2.24, 2.45) is 0 Å². The van der Waals surface area contributed by atoms with Gasteiger partial charge >= 0.3 is 0 Å². The number of hydrogen-bond acceptors (Lipinski definition) is 3. The van der Waals surface area contributed by atoms with E-state index < -0.39 is 49.9 Å². The third-order valence-electron chi connectivity index (χ3n) is 1.53. The Bertz CT molecular complexity index is 728. The van der Waals surface area contributed by atoms with Crippen molar-refractivity contribution < 1.29 is 25.9 Å². The van der Waals surface area contributed by atoms with Gasteiger partial charge in [0, 0.05) is 18.4 Å². The number of nitrogens with one attached hydrogen (secondary N) is 1. The van der Waals surface area contributed by atoms with E-state index in [1.807, 2.05) is 0 Å². The summed E-state index contributed by atoms with van der Waals surface area (Å²) in [4.78, 5) is 0. The zero-order chi connectivity index (χ0) is 20.3. The molecule has 1 aromatic carbocycles. The molecule has 1 aliphatic heterocycles. The van der Waals surface area contributed by atoms with Crippen LogP contribution < -0.4 is 14.8 Å². The van der Waals surface area contributed by atoms with Crippen molar-refractivity contribution in [1.82, 2.24) is 5.32 Å². The SMILES string of the molecule is [2H]c1c([2H])c(C([2H])([2H])C([2H])(NC([2H])([2H])[2H])C([2H])([2H])[2H])c([2H])c2c1OCO2. The summed E-state index contributed by atoms with van der Waals surface area (Å²) < 4.78 is 102. The Morgan fingerprint density at radius 1 is 1.71 bits per heavy atom. The normalized spacial score (nSPS) is 33.1. The van der Waals surface area contributed by atoms with Crippen LogP contribution in [0.25, 0.3) is 0 Å². The van der Waals surface area contributed by atoms with Crippen molar-refractivity contribution in [1.29, 1.82) is 0 Å². The van der Waals surface area contributed by atoms with Crippen LogP contribution in [-0.2, 0) is 6.37 Å². The lowest BCUT2D eigenvalue weighted by Crippen LogP contribution is -2.23. The first-order valence-corrected chi connectivity index (χ1v) is 3.74. The fraction of sp³-hybridized carbons (Fsp3) is 0.455. The Morgan fingerprint density at radius 2 is 2.64 bits per heavy atom. The Labute approximate surface area is 101 Å². The fourth-order valence-electron chi connectivity index (χ4n) is 0.947. The van der Waals surface area contributed by atoms with Gasteiger partial charge in [-0.05, 0) is 37.8 Å². The average Bonchev–Trinajstić information content (AvgIpc) is 2.91. The summed E-state index contributed by atoms with van der Waals surface area (Å²) in [5.74, 6) is -0.639. The van der Waals surface area contributed by atoms with Crippen LogP contribution in [0.3, 0.4) is 0 Å². The number of ether oxygens (including phenoxy) is 2. The molecule has 1 unspecified atom stereocenters. The first-order chi connectivity index (χ1) is 11.5. The van der Waals surface area contributed by atoms with E-state index in [2.05, 4.69) is 0 Å². The largest absolute Gasteiger partial charge is 0.454 e. The molecule has 14 heavy (non-hydrogen) atoms. The maximum atomic E-state index is 8.18. The molecule has 1 atom stereocenters. The van der Waals surface area contributed by atoms with E-state index in [9.17, 15) is 0 Å². The second-order valence-electron chi connectivity index (χ2n) is 2.44. The lowest BCUT2D eigenvalue weighted by atomic mass is 10.1. The molecule has 2 rings (SSSR count). The third kappa shape index (κ3) is 1.82. The zero-order valence-electron chi connectivity index (χ0n) is 19.0.